The first-order chi connectivity index (χ1) is 9.58. The molecule has 0 saturated carbocycles. The van der Waals surface area contributed by atoms with Crippen LogP contribution in [0.3, 0.4) is 0 Å². The maximum absolute atomic E-state index is 11.9. The lowest BCUT2D eigenvalue weighted by molar-refractivity contribution is -0.130. The molecule has 0 bridgehead atoms. The van der Waals surface area contributed by atoms with Crippen molar-refractivity contribution >= 4 is 27.7 Å². The van der Waals surface area contributed by atoms with Crippen molar-refractivity contribution in [3.05, 3.63) is 35.4 Å². The van der Waals surface area contributed by atoms with E-state index in [4.69, 9.17) is 0 Å². The topological polar surface area (TPSA) is 49.4 Å². The van der Waals surface area contributed by atoms with E-state index < -0.39 is 0 Å². The van der Waals surface area contributed by atoms with Gasteiger partial charge >= 0.3 is 0 Å². The summed E-state index contributed by atoms with van der Waals surface area (Å²) in [4.78, 5) is 25.0. The predicted molar refractivity (Wildman–Crippen MR) is 84.0 cm³/mol. The molecule has 1 aromatic carbocycles. The quantitative estimate of drug-likeness (QED) is 0.612. The Hall–Kier alpha value is -1.36. The Bertz CT molecular complexity index is 446. The normalized spacial score (nSPS) is 10.2. The van der Waals surface area contributed by atoms with Crippen molar-refractivity contribution in [1.29, 1.82) is 0 Å². The van der Waals surface area contributed by atoms with Crippen LogP contribution in [0.5, 0.6) is 0 Å². The van der Waals surface area contributed by atoms with Gasteiger partial charge in [-0.2, -0.15) is 0 Å². The van der Waals surface area contributed by atoms with Gasteiger partial charge in [0.1, 0.15) is 0 Å². The number of carbonyl (C=O) groups is 2. The Labute approximate surface area is 128 Å². The molecular weight excluding hydrogens is 320 g/mol. The van der Waals surface area contributed by atoms with E-state index in [-0.39, 0.29) is 11.8 Å². The van der Waals surface area contributed by atoms with Crippen LogP contribution in [0.2, 0.25) is 0 Å². The summed E-state index contributed by atoms with van der Waals surface area (Å²) in [5.41, 5.74) is 1.65. The van der Waals surface area contributed by atoms with Crippen molar-refractivity contribution < 1.29 is 9.59 Å². The molecule has 5 heteroatoms. The SMILES string of the molecule is CNC(=O)c1ccc(CN(C)C(=O)CCCCBr)cc1. The Kier molecular flexibility index (Phi) is 7.30. The molecule has 0 aliphatic rings. The van der Waals surface area contributed by atoms with Gasteiger partial charge in [0.25, 0.3) is 5.91 Å². The van der Waals surface area contributed by atoms with Crippen molar-refractivity contribution in [3.8, 4) is 0 Å². The average molecular weight is 341 g/mol. The van der Waals surface area contributed by atoms with Gasteiger partial charge in [0.05, 0.1) is 0 Å². The Balaban J connectivity index is 2.51. The second-order valence-electron chi connectivity index (χ2n) is 4.67. The number of carbonyl (C=O) groups excluding carboxylic acids is 2. The Morgan fingerprint density at radius 1 is 1.20 bits per heavy atom. The molecule has 0 fully saturated rings. The highest BCUT2D eigenvalue weighted by molar-refractivity contribution is 9.09. The lowest BCUT2D eigenvalue weighted by Crippen LogP contribution is -2.26. The maximum Gasteiger partial charge on any atom is 0.251 e. The van der Waals surface area contributed by atoms with Crippen LogP contribution in [0, 0.1) is 0 Å². The zero-order valence-corrected chi connectivity index (χ0v) is 13.6. The maximum atomic E-state index is 11.9. The Morgan fingerprint density at radius 3 is 2.40 bits per heavy atom. The molecule has 0 radical (unpaired) electrons. The zero-order chi connectivity index (χ0) is 15.0. The summed E-state index contributed by atoms with van der Waals surface area (Å²) in [5, 5.41) is 3.52. The minimum absolute atomic E-state index is 0.101. The van der Waals surface area contributed by atoms with Crippen molar-refractivity contribution in [1.82, 2.24) is 10.2 Å². The van der Waals surface area contributed by atoms with Gasteiger partial charge in [0, 0.05) is 38.0 Å². The van der Waals surface area contributed by atoms with E-state index in [1.54, 1.807) is 24.1 Å². The predicted octanol–water partition coefficient (Wildman–Crippen LogP) is 2.57. The molecule has 0 aliphatic carbocycles. The van der Waals surface area contributed by atoms with E-state index in [2.05, 4.69) is 21.2 Å². The van der Waals surface area contributed by atoms with Crippen molar-refractivity contribution in [2.24, 2.45) is 0 Å². The highest BCUT2D eigenvalue weighted by atomic mass is 79.9. The minimum atomic E-state index is -0.101. The third kappa shape index (κ3) is 5.33. The molecule has 0 aromatic heterocycles. The van der Waals surface area contributed by atoms with E-state index in [0.717, 1.165) is 23.7 Å². The smallest absolute Gasteiger partial charge is 0.251 e. The highest BCUT2D eigenvalue weighted by Gasteiger charge is 2.09. The summed E-state index contributed by atoms with van der Waals surface area (Å²) < 4.78 is 0. The number of hydrogen-bond donors (Lipinski definition) is 1. The van der Waals surface area contributed by atoms with Gasteiger partial charge in [-0.25, -0.2) is 0 Å². The molecule has 0 spiro atoms. The standard InChI is InChI=1S/C15H21BrN2O2/c1-17-15(20)13-8-6-12(7-9-13)11-18(2)14(19)5-3-4-10-16/h6-9H,3-5,10-11H2,1-2H3,(H,17,20). The first kappa shape index (κ1) is 16.7. The van der Waals surface area contributed by atoms with Gasteiger partial charge in [-0.15, -0.1) is 0 Å². The third-order valence-corrected chi connectivity index (χ3v) is 3.62. The van der Waals surface area contributed by atoms with E-state index in [1.165, 1.54) is 0 Å². The van der Waals surface area contributed by atoms with E-state index in [9.17, 15) is 9.59 Å². The number of unbranched alkanes of at least 4 members (excludes halogenated alkanes) is 1. The monoisotopic (exact) mass is 340 g/mol. The second-order valence-corrected chi connectivity index (χ2v) is 5.46. The number of amides is 2. The fourth-order valence-corrected chi connectivity index (χ4v) is 2.23. The molecule has 4 nitrogen and oxygen atoms in total. The van der Waals surface area contributed by atoms with Crippen molar-refractivity contribution in [3.63, 3.8) is 0 Å². The highest BCUT2D eigenvalue weighted by Crippen LogP contribution is 2.09. The molecule has 0 heterocycles. The summed E-state index contributed by atoms with van der Waals surface area (Å²) in [7, 11) is 3.42. The fraction of sp³-hybridized carbons (Fsp3) is 0.467. The van der Waals surface area contributed by atoms with Crippen LogP contribution in [-0.4, -0.2) is 36.1 Å². The summed E-state index contributed by atoms with van der Waals surface area (Å²) in [6.45, 7) is 0.571. The molecule has 1 N–H and O–H groups in total. The van der Waals surface area contributed by atoms with Gasteiger partial charge in [-0.1, -0.05) is 28.1 Å². The molecule has 2 amide bonds. The number of alkyl halides is 1. The third-order valence-electron chi connectivity index (χ3n) is 3.06. The zero-order valence-electron chi connectivity index (χ0n) is 12.0. The Morgan fingerprint density at radius 2 is 1.85 bits per heavy atom. The molecule has 0 atom stereocenters. The molecule has 110 valence electrons. The second kappa shape index (κ2) is 8.74. The van der Waals surface area contributed by atoms with Crippen LogP contribution in [-0.2, 0) is 11.3 Å². The minimum Gasteiger partial charge on any atom is -0.355 e. The molecule has 1 aromatic rings. The van der Waals surface area contributed by atoms with Gasteiger partial charge in [-0.3, -0.25) is 9.59 Å². The fourth-order valence-electron chi connectivity index (χ4n) is 1.83. The van der Waals surface area contributed by atoms with Crippen LogP contribution in [0.1, 0.15) is 35.2 Å². The van der Waals surface area contributed by atoms with Crippen LogP contribution in [0.4, 0.5) is 0 Å². The van der Waals surface area contributed by atoms with Crippen LogP contribution >= 0.6 is 15.9 Å². The first-order valence-electron chi connectivity index (χ1n) is 6.69. The van der Waals surface area contributed by atoms with Crippen LogP contribution in [0.25, 0.3) is 0 Å². The molecular formula is C15H21BrN2O2. The lowest BCUT2D eigenvalue weighted by atomic mass is 10.1. The molecule has 0 aliphatic heterocycles. The number of rotatable bonds is 7. The molecule has 0 unspecified atom stereocenters. The summed E-state index contributed by atoms with van der Waals surface area (Å²) in [6.07, 6.45) is 2.50. The number of benzene rings is 1. The lowest BCUT2D eigenvalue weighted by Gasteiger charge is -2.17. The van der Waals surface area contributed by atoms with E-state index in [0.29, 0.717) is 18.5 Å². The average Bonchev–Trinajstić information content (AvgIpc) is 2.47. The van der Waals surface area contributed by atoms with Gasteiger partial charge in [-0.05, 0) is 30.5 Å². The van der Waals surface area contributed by atoms with Gasteiger partial charge in [0.15, 0.2) is 0 Å². The van der Waals surface area contributed by atoms with Gasteiger partial charge in [0.2, 0.25) is 5.91 Å². The van der Waals surface area contributed by atoms with E-state index >= 15 is 0 Å². The van der Waals surface area contributed by atoms with Crippen LogP contribution < -0.4 is 5.32 Å². The summed E-state index contributed by atoms with van der Waals surface area (Å²) in [6, 6.07) is 7.31. The molecule has 0 saturated heterocycles. The number of hydrogen-bond acceptors (Lipinski definition) is 2. The summed E-state index contributed by atoms with van der Waals surface area (Å²) >= 11 is 3.36. The van der Waals surface area contributed by atoms with Crippen molar-refractivity contribution in [2.75, 3.05) is 19.4 Å². The largest absolute Gasteiger partial charge is 0.355 e. The molecule has 1 rings (SSSR count). The van der Waals surface area contributed by atoms with E-state index in [1.807, 2.05) is 19.2 Å². The first-order valence-corrected chi connectivity index (χ1v) is 7.81. The number of halogens is 1. The molecule has 20 heavy (non-hydrogen) atoms. The summed E-state index contributed by atoms with van der Waals surface area (Å²) in [5.74, 6) is 0.0529. The van der Waals surface area contributed by atoms with Crippen LogP contribution in [0.15, 0.2) is 24.3 Å². The van der Waals surface area contributed by atoms with Gasteiger partial charge < -0.3 is 10.2 Å². The number of nitrogens with one attached hydrogen (secondary N) is 1. The number of nitrogens with zero attached hydrogens (tertiary/aromatic N) is 1. The van der Waals surface area contributed by atoms with Crippen molar-refractivity contribution in [2.45, 2.75) is 25.8 Å².